The number of esters is 1. The van der Waals surface area contributed by atoms with Crippen LogP contribution < -0.4 is 15.4 Å². The average molecular weight is 382 g/mol. The van der Waals surface area contributed by atoms with Gasteiger partial charge in [-0.2, -0.15) is 13.2 Å². The fourth-order valence-corrected chi connectivity index (χ4v) is 2.13. The molecule has 0 radical (unpaired) electrons. The molecule has 2 amide bonds. The van der Waals surface area contributed by atoms with E-state index < -0.39 is 23.9 Å². The number of hydrogen-bond acceptors (Lipinski definition) is 4. The van der Waals surface area contributed by atoms with Crippen molar-refractivity contribution in [1.82, 2.24) is 5.32 Å². The van der Waals surface area contributed by atoms with Gasteiger partial charge in [0.1, 0.15) is 5.75 Å². The number of alkyl halides is 3. The van der Waals surface area contributed by atoms with Crippen LogP contribution in [0.5, 0.6) is 5.75 Å². The van der Waals surface area contributed by atoms with Crippen LogP contribution >= 0.6 is 0 Å². The van der Waals surface area contributed by atoms with Gasteiger partial charge in [0.2, 0.25) is 0 Å². The third kappa shape index (κ3) is 4.69. The van der Waals surface area contributed by atoms with Crippen molar-refractivity contribution < 1.29 is 32.2 Å². The molecule has 0 aliphatic rings. The largest absolute Gasteiger partial charge is 0.464 e. The number of methoxy groups -OCH3 is 1. The molecule has 0 saturated carbocycles. The molecule has 0 aliphatic carbocycles. The van der Waals surface area contributed by atoms with Crippen molar-refractivity contribution in [3.63, 3.8) is 0 Å². The predicted molar refractivity (Wildman–Crippen MR) is 91.2 cm³/mol. The Morgan fingerprint density at radius 2 is 1.56 bits per heavy atom. The van der Waals surface area contributed by atoms with Gasteiger partial charge in [-0.25, -0.2) is 9.59 Å². The fourth-order valence-electron chi connectivity index (χ4n) is 2.13. The monoisotopic (exact) mass is 382 g/mol. The second-order valence-electron chi connectivity index (χ2n) is 5.53. The topological polar surface area (TPSA) is 76.7 Å². The number of halogens is 3. The van der Waals surface area contributed by atoms with E-state index in [-0.39, 0.29) is 11.4 Å². The molecule has 2 aromatic carbocycles. The third-order valence-electron chi connectivity index (χ3n) is 3.49. The summed E-state index contributed by atoms with van der Waals surface area (Å²) in [4.78, 5) is 24.2. The Morgan fingerprint density at radius 1 is 0.963 bits per heavy atom. The fraction of sp³-hybridized carbons (Fsp3) is 0.222. The van der Waals surface area contributed by atoms with E-state index in [4.69, 9.17) is 4.74 Å². The van der Waals surface area contributed by atoms with Gasteiger partial charge in [0.25, 0.3) is 0 Å². The summed E-state index contributed by atoms with van der Waals surface area (Å²) in [6.45, 7) is 1.81. The molecule has 1 atom stereocenters. The second kappa shape index (κ2) is 7.98. The highest BCUT2D eigenvalue weighted by Gasteiger charge is 2.66. The highest BCUT2D eigenvalue weighted by atomic mass is 19.4. The number of carbonyl (C=O) groups excluding carboxylic acids is 2. The molecule has 0 aromatic heterocycles. The minimum Gasteiger partial charge on any atom is -0.464 e. The molecule has 27 heavy (non-hydrogen) atoms. The van der Waals surface area contributed by atoms with Crippen LogP contribution in [0.1, 0.15) is 5.56 Å². The minimum atomic E-state index is -5.31. The van der Waals surface area contributed by atoms with E-state index in [9.17, 15) is 22.8 Å². The predicted octanol–water partition coefficient (Wildman–Crippen LogP) is 3.63. The first-order chi connectivity index (χ1) is 12.7. The Balaban J connectivity index is 2.34. The molecule has 0 unspecified atom stereocenters. The van der Waals surface area contributed by atoms with Crippen LogP contribution in [-0.4, -0.2) is 31.0 Å². The Labute approximate surface area is 153 Å². The number of anilines is 1. The lowest BCUT2D eigenvalue weighted by Crippen LogP contribution is -2.68. The smallest absolute Gasteiger partial charge is 0.460 e. The van der Waals surface area contributed by atoms with E-state index in [1.807, 2.05) is 6.92 Å². The maximum Gasteiger partial charge on any atom is 0.460 e. The van der Waals surface area contributed by atoms with Gasteiger partial charge in [0.15, 0.2) is 0 Å². The number of amides is 2. The van der Waals surface area contributed by atoms with Gasteiger partial charge in [0.05, 0.1) is 7.11 Å². The normalized spacial score (nSPS) is 13.2. The van der Waals surface area contributed by atoms with Crippen LogP contribution in [0.2, 0.25) is 0 Å². The quantitative estimate of drug-likeness (QED) is 0.612. The van der Waals surface area contributed by atoms with Gasteiger partial charge in [-0.1, -0.05) is 35.9 Å². The lowest BCUT2D eigenvalue weighted by molar-refractivity contribution is -0.258. The summed E-state index contributed by atoms with van der Waals surface area (Å²) >= 11 is 0. The third-order valence-corrected chi connectivity index (χ3v) is 3.49. The van der Waals surface area contributed by atoms with E-state index in [1.165, 1.54) is 36.4 Å². The number of benzene rings is 2. The maximum atomic E-state index is 13.8. The lowest BCUT2D eigenvalue weighted by atomic mass is 10.2. The second-order valence-corrected chi connectivity index (χ2v) is 5.53. The summed E-state index contributed by atoms with van der Waals surface area (Å²) in [7, 11) is 0.761. The zero-order valence-corrected chi connectivity index (χ0v) is 14.5. The Bertz CT molecular complexity index is 795. The van der Waals surface area contributed by atoms with Crippen LogP contribution in [0.25, 0.3) is 0 Å². The molecule has 0 bridgehead atoms. The molecule has 9 heteroatoms. The van der Waals surface area contributed by atoms with Crippen LogP contribution in [0.15, 0.2) is 54.6 Å². The van der Waals surface area contributed by atoms with Crippen molar-refractivity contribution in [2.45, 2.75) is 18.8 Å². The van der Waals surface area contributed by atoms with Crippen molar-refractivity contribution in [1.29, 1.82) is 0 Å². The van der Waals surface area contributed by atoms with E-state index in [0.29, 0.717) is 0 Å². The van der Waals surface area contributed by atoms with Gasteiger partial charge in [-0.05, 0) is 31.2 Å². The Kier molecular flexibility index (Phi) is 5.94. The number of carbonyl (C=O) groups is 2. The molecule has 2 N–H and O–H groups in total. The Hall–Kier alpha value is -3.23. The summed E-state index contributed by atoms with van der Waals surface area (Å²) in [5.41, 5.74) is -2.59. The SMILES string of the molecule is COC(=O)[C@](NC(=O)Nc1ccc(C)cc1)(Oc1ccccc1)C(F)(F)F. The van der Waals surface area contributed by atoms with Gasteiger partial charge >= 0.3 is 23.9 Å². The average Bonchev–Trinajstić information content (AvgIpc) is 2.62. The molecule has 6 nitrogen and oxygen atoms in total. The maximum absolute atomic E-state index is 13.8. The number of rotatable bonds is 5. The molecule has 144 valence electrons. The molecule has 2 aromatic rings. The summed E-state index contributed by atoms with van der Waals surface area (Å²) in [6, 6.07) is 11.8. The molecule has 0 fully saturated rings. The molecule has 0 aliphatic heterocycles. The van der Waals surface area contributed by atoms with E-state index in [0.717, 1.165) is 12.7 Å². The van der Waals surface area contributed by atoms with Gasteiger partial charge in [-0.3, -0.25) is 5.32 Å². The number of hydrogen-bond donors (Lipinski definition) is 2. The van der Waals surface area contributed by atoms with Crippen LogP contribution in [-0.2, 0) is 9.53 Å². The molecule has 0 spiro atoms. The number of para-hydroxylation sites is 1. The van der Waals surface area contributed by atoms with Crippen LogP contribution in [0.4, 0.5) is 23.7 Å². The summed E-state index contributed by atoms with van der Waals surface area (Å²) < 4.78 is 50.5. The van der Waals surface area contributed by atoms with Gasteiger partial charge in [0, 0.05) is 5.69 Å². The zero-order valence-electron chi connectivity index (χ0n) is 14.5. The van der Waals surface area contributed by atoms with Crippen molar-refractivity contribution >= 4 is 17.7 Å². The number of nitrogens with one attached hydrogen (secondary N) is 2. The number of aryl methyl sites for hydroxylation is 1. The van der Waals surface area contributed by atoms with Crippen LogP contribution in [0.3, 0.4) is 0 Å². The molecular formula is C18H17F3N2O4. The zero-order chi connectivity index (χ0) is 20.1. The van der Waals surface area contributed by atoms with Crippen molar-refractivity contribution in [2.24, 2.45) is 0 Å². The summed E-state index contributed by atoms with van der Waals surface area (Å²) in [6.07, 6.45) is -5.31. The highest BCUT2D eigenvalue weighted by Crippen LogP contribution is 2.34. The summed E-state index contributed by atoms with van der Waals surface area (Å²) in [5.74, 6) is -2.10. The molecule has 0 heterocycles. The summed E-state index contributed by atoms with van der Waals surface area (Å²) in [5, 5.41) is 3.78. The van der Waals surface area contributed by atoms with Gasteiger partial charge < -0.3 is 14.8 Å². The number of urea groups is 1. The molecule has 2 rings (SSSR count). The van der Waals surface area contributed by atoms with E-state index >= 15 is 0 Å². The van der Waals surface area contributed by atoms with Crippen molar-refractivity contribution in [2.75, 3.05) is 12.4 Å². The van der Waals surface area contributed by atoms with Crippen molar-refractivity contribution in [3.05, 3.63) is 60.2 Å². The molecular weight excluding hydrogens is 365 g/mol. The molecule has 0 saturated heterocycles. The Morgan fingerprint density at radius 3 is 2.07 bits per heavy atom. The first-order valence-electron chi connectivity index (χ1n) is 7.73. The first-order valence-corrected chi connectivity index (χ1v) is 7.73. The first kappa shape index (κ1) is 20.1. The van der Waals surface area contributed by atoms with Crippen molar-refractivity contribution in [3.8, 4) is 5.75 Å². The van der Waals surface area contributed by atoms with Crippen LogP contribution in [0, 0.1) is 6.92 Å². The standard InChI is InChI=1S/C18H17F3N2O4/c1-12-8-10-13(11-9-12)22-16(25)23-17(15(24)26-2,18(19,20)21)27-14-6-4-3-5-7-14/h3-11H,1-2H3,(H2,22,23,25)/t17-/m0/s1. The highest BCUT2D eigenvalue weighted by molar-refractivity contribution is 5.94. The number of ether oxygens (including phenoxy) is 2. The van der Waals surface area contributed by atoms with Gasteiger partial charge in [-0.15, -0.1) is 0 Å². The van der Waals surface area contributed by atoms with E-state index in [1.54, 1.807) is 23.5 Å². The minimum absolute atomic E-state index is 0.235. The lowest BCUT2D eigenvalue weighted by Gasteiger charge is -2.33. The van der Waals surface area contributed by atoms with E-state index in [2.05, 4.69) is 10.1 Å².